The van der Waals surface area contributed by atoms with Gasteiger partial charge < -0.3 is 11.1 Å². The van der Waals surface area contributed by atoms with Gasteiger partial charge in [-0.05, 0) is 24.3 Å². The van der Waals surface area contributed by atoms with Gasteiger partial charge in [0.25, 0.3) is 0 Å². The molecule has 3 N–H and O–H groups in total. The van der Waals surface area contributed by atoms with Gasteiger partial charge in [-0.25, -0.2) is 8.78 Å². The van der Waals surface area contributed by atoms with Gasteiger partial charge in [-0.2, -0.15) is 0 Å². The lowest BCUT2D eigenvalue weighted by Crippen LogP contribution is -1.98. The van der Waals surface area contributed by atoms with Crippen LogP contribution in [0.3, 0.4) is 0 Å². The average Bonchev–Trinajstić information content (AvgIpc) is 2.45. The second-order valence-electron chi connectivity index (χ2n) is 4.33. The summed E-state index contributed by atoms with van der Waals surface area (Å²) in [6.07, 6.45) is 1.57. The fourth-order valence-electron chi connectivity index (χ4n) is 2.05. The molecule has 0 spiro atoms. The Balaban J connectivity index is 2.12. The van der Waals surface area contributed by atoms with E-state index in [4.69, 9.17) is 5.73 Å². The lowest BCUT2D eigenvalue weighted by molar-refractivity contribution is 0.512. The first-order chi connectivity index (χ1) is 9.66. The standard InChI is InChI=1S/C15H11F2N3/c16-10-4-2-6-13(14(10)17)20-12-7-8-19-15-9(12)3-1-5-11(15)18/h1-8H,18H2,(H,19,20). The number of nitrogens with one attached hydrogen (secondary N) is 1. The summed E-state index contributed by atoms with van der Waals surface area (Å²) in [5.74, 6) is -1.81. The van der Waals surface area contributed by atoms with Gasteiger partial charge in [0.15, 0.2) is 11.6 Å². The van der Waals surface area contributed by atoms with Crippen LogP contribution in [0.5, 0.6) is 0 Å². The van der Waals surface area contributed by atoms with Crippen LogP contribution in [0.25, 0.3) is 10.9 Å². The number of nitrogens with two attached hydrogens (primary N) is 1. The number of hydrogen-bond acceptors (Lipinski definition) is 3. The second-order valence-corrected chi connectivity index (χ2v) is 4.33. The lowest BCUT2D eigenvalue weighted by atomic mass is 10.1. The maximum atomic E-state index is 13.7. The van der Waals surface area contributed by atoms with Crippen LogP contribution in [0.1, 0.15) is 0 Å². The zero-order chi connectivity index (χ0) is 14.1. The monoisotopic (exact) mass is 271 g/mol. The average molecular weight is 271 g/mol. The summed E-state index contributed by atoms with van der Waals surface area (Å²) >= 11 is 0. The van der Waals surface area contributed by atoms with E-state index in [1.165, 1.54) is 12.1 Å². The number of halogens is 2. The minimum atomic E-state index is -0.915. The molecular weight excluding hydrogens is 260 g/mol. The molecule has 3 rings (SSSR count). The van der Waals surface area contributed by atoms with Crippen molar-refractivity contribution in [1.82, 2.24) is 4.98 Å². The van der Waals surface area contributed by atoms with Crippen LogP contribution in [0.4, 0.5) is 25.8 Å². The summed E-state index contributed by atoms with van der Waals surface area (Å²) in [7, 11) is 0. The molecule has 0 fully saturated rings. The number of hydrogen-bond donors (Lipinski definition) is 2. The molecule has 0 aliphatic carbocycles. The Morgan fingerprint density at radius 3 is 2.60 bits per heavy atom. The molecule has 100 valence electrons. The molecule has 0 atom stereocenters. The van der Waals surface area contributed by atoms with Crippen LogP contribution in [0.2, 0.25) is 0 Å². The fourth-order valence-corrected chi connectivity index (χ4v) is 2.05. The van der Waals surface area contributed by atoms with E-state index < -0.39 is 11.6 Å². The number of nitrogen functional groups attached to an aromatic ring is 1. The molecule has 0 saturated carbocycles. The van der Waals surface area contributed by atoms with Crippen molar-refractivity contribution in [3.8, 4) is 0 Å². The van der Waals surface area contributed by atoms with Gasteiger partial charge in [0.2, 0.25) is 0 Å². The van der Waals surface area contributed by atoms with E-state index in [2.05, 4.69) is 10.3 Å². The first-order valence-corrected chi connectivity index (χ1v) is 6.01. The van der Waals surface area contributed by atoms with Crippen molar-refractivity contribution in [2.75, 3.05) is 11.1 Å². The predicted molar refractivity (Wildman–Crippen MR) is 75.8 cm³/mol. The van der Waals surface area contributed by atoms with Crippen LogP contribution in [-0.4, -0.2) is 4.98 Å². The Morgan fingerprint density at radius 1 is 0.950 bits per heavy atom. The maximum absolute atomic E-state index is 13.7. The van der Waals surface area contributed by atoms with Crippen LogP contribution in [0.15, 0.2) is 48.7 Å². The highest BCUT2D eigenvalue weighted by Gasteiger charge is 2.10. The minimum absolute atomic E-state index is 0.0694. The molecule has 1 heterocycles. The Hall–Kier alpha value is -2.69. The van der Waals surface area contributed by atoms with E-state index in [1.54, 1.807) is 24.4 Å². The first-order valence-electron chi connectivity index (χ1n) is 6.01. The zero-order valence-electron chi connectivity index (χ0n) is 10.4. The number of para-hydroxylation sites is 1. The summed E-state index contributed by atoms with van der Waals surface area (Å²) in [6, 6.07) is 11.0. The fraction of sp³-hybridized carbons (Fsp3) is 0. The smallest absolute Gasteiger partial charge is 0.182 e. The van der Waals surface area contributed by atoms with Crippen LogP contribution in [-0.2, 0) is 0 Å². The molecule has 0 bridgehead atoms. The number of nitrogens with zero attached hydrogens (tertiary/aromatic N) is 1. The van der Waals surface area contributed by atoms with Crippen molar-refractivity contribution in [3.05, 3.63) is 60.3 Å². The Labute approximate surface area is 114 Å². The van der Waals surface area contributed by atoms with E-state index in [0.29, 0.717) is 16.9 Å². The minimum Gasteiger partial charge on any atom is -0.397 e. The molecule has 3 nitrogen and oxygen atoms in total. The predicted octanol–water partition coefficient (Wildman–Crippen LogP) is 3.84. The quantitative estimate of drug-likeness (QED) is 0.696. The van der Waals surface area contributed by atoms with E-state index >= 15 is 0 Å². The van der Waals surface area contributed by atoms with E-state index in [1.807, 2.05) is 6.07 Å². The van der Waals surface area contributed by atoms with Gasteiger partial charge in [-0.3, -0.25) is 4.98 Å². The number of fused-ring (bicyclic) bond motifs is 1. The highest BCUT2D eigenvalue weighted by Crippen LogP contribution is 2.29. The molecule has 3 aromatic rings. The molecular formula is C15H11F2N3. The summed E-state index contributed by atoms with van der Waals surface area (Å²) in [4.78, 5) is 4.19. The normalized spacial score (nSPS) is 10.7. The molecule has 0 unspecified atom stereocenters. The number of benzene rings is 2. The van der Waals surface area contributed by atoms with Crippen LogP contribution >= 0.6 is 0 Å². The topological polar surface area (TPSA) is 50.9 Å². The van der Waals surface area contributed by atoms with E-state index in [9.17, 15) is 8.78 Å². The first kappa shape index (κ1) is 12.3. The molecule has 5 heteroatoms. The van der Waals surface area contributed by atoms with Gasteiger partial charge in [-0.1, -0.05) is 18.2 Å². The second kappa shape index (κ2) is 4.77. The molecule has 20 heavy (non-hydrogen) atoms. The zero-order valence-corrected chi connectivity index (χ0v) is 10.4. The van der Waals surface area contributed by atoms with Crippen molar-refractivity contribution < 1.29 is 8.78 Å². The van der Waals surface area contributed by atoms with Crippen LogP contribution < -0.4 is 11.1 Å². The van der Waals surface area contributed by atoms with Crippen molar-refractivity contribution in [2.45, 2.75) is 0 Å². The van der Waals surface area contributed by atoms with Crippen molar-refractivity contribution in [3.63, 3.8) is 0 Å². The van der Waals surface area contributed by atoms with Crippen molar-refractivity contribution in [1.29, 1.82) is 0 Å². The van der Waals surface area contributed by atoms with Gasteiger partial charge in [0.05, 0.1) is 16.9 Å². The molecule has 0 amide bonds. The highest BCUT2D eigenvalue weighted by molar-refractivity contribution is 5.98. The van der Waals surface area contributed by atoms with Gasteiger partial charge in [0, 0.05) is 17.3 Å². The lowest BCUT2D eigenvalue weighted by Gasteiger charge is -2.11. The number of aromatic nitrogens is 1. The van der Waals surface area contributed by atoms with Gasteiger partial charge in [0.1, 0.15) is 0 Å². The Morgan fingerprint density at radius 2 is 1.75 bits per heavy atom. The van der Waals surface area contributed by atoms with Crippen LogP contribution in [0, 0.1) is 11.6 Å². The summed E-state index contributed by atoms with van der Waals surface area (Å²) in [6.45, 7) is 0. The molecule has 0 radical (unpaired) electrons. The van der Waals surface area contributed by atoms with E-state index in [0.717, 1.165) is 11.5 Å². The third kappa shape index (κ3) is 2.03. The van der Waals surface area contributed by atoms with Crippen molar-refractivity contribution >= 4 is 28.0 Å². The SMILES string of the molecule is Nc1cccc2c(Nc3cccc(F)c3F)ccnc12. The third-order valence-corrected chi connectivity index (χ3v) is 3.02. The van der Waals surface area contributed by atoms with Gasteiger partial charge in [-0.15, -0.1) is 0 Å². The number of pyridine rings is 1. The number of rotatable bonds is 2. The Bertz CT molecular complexity index is 787. The summed E-state index contributed by atoms with van der Waals surface area (Å²) in [5.41, 5.74) is 7.69. The summed E-state index contributed by atoms with van der Waals surface area (Å²) in [5, 5.41) is 3.62. The van der Waals surface area contributed by atoms with Gasteiger partial charge >= 0.3 is 0 Å². The Kier molecular flexibility index (Phi) is 2.95. The molecule has 0 aliphatic rings. The molecule has 1 aromatic heterocycles. The molecule has 0 aliphatic heterocycles. The molecule has 0 saturated heterocycles. The third-order valence-electron chi connectivity index (χ3n) is 3.02. The van der Waals surface area contributed by atoms with E-state index in [-0.39, 0.29) is 5.69 Å². The van der Waals surface area contributed by atoms with Crippen molar-refractivity contribution in [2.24, 2.45) is 0 Å². The summed E-state index contributed by atoms with van der Waals surface area (Å²) < 4.78 is 26.9. The number of anilines is 3. The largest absolute Gasteiger partial charge is 0.397 e. The highest BCUT2D eigenvalue weighted by atomic mass is 19.2. The molecule has 2 aromatic carbocycles. The maximum Gasteiger partial charge on any atom is 0.182 e.